The topological polar surface area (TPSA) is 117 Å². The van der Waals surface area contributed by atoms with Crippen LogP contribution in [0.4, 0.5) is 10.5 Å². The molecule has 2 N–H and O–H groups in total. The number of barbiturate groups is 1. The zero-order chi connectivity index (χ0) is 23.0. The number of aromatic carboxylic acids is 1. The number of carboxylic acid groups (broad SMARTS) is 1. The Balaban J connectivity index is 1.71. The van der Waals surface area contributed by atoms with E-state index in [9.17, 15) is 24.3 Å². The van der Waals surface area contributed by atoms with Gasteiger partial charge in [-0.15, -0.1) is 0 Å². The van der Waals surface area contributed by atoms with Crippen LogP contribution in [0.3, 0.4) is 0 Å². The molecule has 2 heterocycles. The van der Waals surface area contributed by atoms with E-state index in [4.69, 9.17) is 4.42 Å². The molecule has 8 heteroatoms. The first-order chi connectivity index (χ1) is 15.3. The predicted octanol–water partition coefficient (Wildman–Crippen LogP) is 3.93. The Labute approximate surface area is 182 Å². The van der Waals surface area contributed by atoms with Crippen molar-refractivity contribution in [3.05, 3.63) is 82.6 Å². The van der Waals surface area contributed by atoms with Gasteiger partial charge in [-0.3, -0.25) is 14.9 Å². The van der Waals surface area contributed by atoms with Gasteiger partial charge in [-0.25, -0.2) is 14.5 Å². The standard InChI is InChI=1S/C24H18N2O6/c1-13-6-3-4-9-19(13)26-22(28)18(21(27)25-24(26)31)12-15-10-11-20(32-15)16-7-5-8-17(14(16)2)23(29)30/h3-12H,1-2H3,(H,29,30)(H,25,27,31)/b18-12+. The fourth-order valence-electron chi connectivity index (χ4n) is 3.54. The van der Waals surface area contributed by atoms with Crippen LogP contribution in [0, 0.1) is 13.8 Å². The van der Waals surface area contributed by atoms with E-state index in [-0.39, 0.29) is 16.9 Å². The summed E-state index contributed by atoms with van der Waals surface area (Å²) in [4.78, 5) is 50.1. The molecule has 1 saturated heterocycles. The zero-order valence-electron chi connectivity index (χ0n) is 17.2. The van der Waals surface area contributed by atoms with Crippen LogP contribution in [0.25, 0.3) is 17.4 Å². The molecule has 0 radical (unpaired) electrons. The summed E-state index contributed by atoms with van der Waals surface area (Å²) < 4.78 is 5.77. The molecule has 160 valence electrons. The zero-order valence-corrected chi connectivity index (χ0v) is 17.2. The van der Waals surface area contributed by atoms with Gasteiger partial charge in [0, 0.05) is 5.56 Å². The average molecular weight is 430 g/mol. The summed E-state index contributed by atoms with van der Waals surface area (Å²) in [5.41, 5.74) is 2.05. The molecule has 0 saturated carbocycles. The molecule has 2 aromatic carbocycles. The number of urea groups is 1. The van der Waals surface area contributed by atoms with Crippen molar-refractivity contribution in [3.8, 4) is 11.3 Å². The first kappa shape index (κ1) is 20.8. The van der Waals surface area contributed by atoms with Gasteiger partial charge in [-0.05, 0) is 55.3 Å². The van der Waals surface area contributed by atoms with Crippen molar-refractivity contribution in [1.29, 1.82) is 0 Å². The Morgan fingerprint density at radius 3 is 2.47 bits per heavy atom. The van der Waals surface area contributed by atoms with Gasteiger partial charge in [-0.2, -0.15) is 0 Å². The number of para-hydroxylation sites is 1. The molecule has 8 nitrogen and oxygen atoms in total. The number of hydrogen-bond acceptors (Lipinski definition) is 5. The van der Waals surface area contributed by atoms with Crippen molar-refractivity contribution in [2.24, 2.45) is 0 Å². The minimum atomic E-state index is -1.05. The van der Waals surface area contributed by atoms with Gasteiger partial charge < -0.3 is 9.52 Å². The minimum absolute atomic E-state index is 0.146. The SMILES string of the molecule is Cc1ccccc1N1C(=O)NC(=O)/C(=C\c2ccc(-c3cccc(C(=O)O)c3C)o2)C1=O. The highest BCUT2D eigenvalue weighted by atomic mass is 16.4. The Kier molecular flexibility index (Phi) is 5.19. The molecule has 1 aliphatic rings. The Morgan fingerprint density at radius 2 is 1.75 bits per heavy atom. The maximum absolute atomic E-state index is 13.0. The molecule has 4 amide bonds. The largest absolute Gasteiger partial charge is 0.478 e. The molecule has 0 aliphatic carbocycles. The fourth-order valence-corrected chi connectivity index (χ4v) is 3.54. The smallest absolute Gasteiger partial charge is 0.335 e. The number of nitrogens with zero attached hydrogens (tertiary/aromatic N) is 1. The lowest BCUT2D eigenvalue weighted by molar-refractivity contribution is -0.122. The van der Waals surface area contributed by atoms with Crippen LogP contribution < -0.4 is 10.2 Å². The summed E-state index contributed by atoms with van der Waals surface area (Å²) >= 11 is 0. The fraction of sp³-hybridized carbons (Fsp3) is 0.0833. The van der Waals surface area contributed by atoms with Crippen LogP contribution in [-0.4, -0.2) is 28.9 Å². The van der Waals surface area contributed by atoms with Crippen LogP contribution in [-0.2, 0) is 9.59 Å². The molecule has 32 heavy (non-hydrogen) atoms. The number of amides is 4. The number of imide groups is 2. The molecular weight excluding hydrogens is 412 g/mol. The maximum atomic E-state index is 13.0. The van der Waals surface area contributed by atoms with Gasteiger partial charge in [0.2, 0.25) is 0 Å². The second-order valence-electron chi connectivity index (χ2n) is 7.23. The van der Waals surface area contributed by atoms with Gasteiger partial charge in [-0.1, -0.05) is 30.3 Å². The molecule has 1 aliphatic heterocycles. The minimum Gasteiger partial charge on any atom is -0.478 e. The number of nitrogens with one attached hydrogen (secondary N) is 1. The molecule has 0 spiro atoms. The molecule has 4 rings (SSSR count). The lowest BCUT2D eigenvalue weighted by Crippen LogP contribution is -2.54. The molecular formula is C24H18N2O6. The van der Waals surface area contributed by atoms with Crippen molar-refractivity contribution in [3.63, 3.8) is 0 Å². The van der Waals surface area contributed by atoms with Crippen molar-refractivity contribution in [1.82, 2.24) is 5.32 Å². The predicted molar refractivity (Wildman–Crippen MR) is 116 cm³/mol. The van der Waals surface area contributed by atoms with Crippen molar-refractivity contribution in [2.75, 3.05) is 4.90 Å². The molecule has 0 unspecified atom stereocenters. The van der Waals surface area contributed by atoms with E-state index in [2.05, 4.69) is 5.32 Å². The second-order valence-corrected chi connectivity index (χ2v) is 7.23. The number of benzene rings is 2. The lowest BCUT2D eigenvalue weighted by atomic mass is 10.0. The summed E-state index contributed by atoms with van der Waals surface area (Å²) in [6, 6.07) is 14.0. The van der Waals surface area contributed by atoms with E-state index in [1.54, 1.807) is 62.4 Å². The van der Waals surface area contributed by atoms with Crippen molar-refractivity contribution in [2.45, 2.75) is 13.8 Å². The van der Waals surface area contributed by atoms with Gasteiger partial charge in [0.05, 0.1) is 11.3 Å². The van der Waals surface area contributed by atoms with Gasteiger partial charge in [0.15, 0.2) is 0 Å². The highest BCUT2D eigenvalue weighted by Crippen LogP contribution is 2.29. The number of carbonyl (C=O) groups is 4. The number of aryl methyl sites for hydroxylation is 1. The van der Waals surface area contributed by atoms with Crippen LogP contribution >= 0.6 is 0 Å². The summed E-state index contributed by atoms with van der Waals surface area (Å²) in [7, 11) is 0. The highest BCUT2D eigenvalue weighted by molar-refractivity contribution is 6.39. The number of anilines is 1. The first-order valence-electron chi connectivity index (χ1n) is 9.68. The summed E-state index contributed by atoms with van der Waals surface area (Å²) in [6.07, 6.45) is 1.26. The number of rotatable bonds is 4. The molecule has 0 bridgehead atoms. The monoisotopic (exact) mass is 430 g/mol. The van der Waals surface area contributed by atoms with Crippen molar-refractivity contribution < 1.29 is 28.7 Å². The van der Waals surface area contributed by atoms with E-state index in [0.717, 1.165) is 4.90 Å². The number of furan rings is 1. The van der Waals surface area contributed by atoms with Crippen LogP contribution in [0.15, 0.2) is 64.6 Å². The third kappa shape index (κ3) is 3.58. The van der Waals surface area contributed by atoms with E-state index < -0.39 is 23.8 Å². The van der Waals surface area contributed by atoms with Gasteiger partial charge >= 0.3 is 12.0 Å². The third-order valence-corrected chi connectivity index (χ3v) is 5.20. The summed E-state index contributed by atoms with van der Waals surface area (Å²) in [6.45, 7) is 3.42. The van der Waals surface area contributed by atoms with Gasteiger partial charge in [0.1, 0.15) is 17.1 Å². The van der Waals surface area contributed by atoms with Crippen LogP contribution in [0.1, 0.15) is 27.2 Å². The number of carboxylic acids is 1. The molecule has 1 fully saturated rings. The highest BCUT2D eigenvalue weighted by Gasteiger charge is 2.37. The van der Waals surface area contributed by atoms with Crippen molar-refractivity contribution >= 4 is 35.6 Å². The third-order valence-electron chi connectivity index (χ3n) is 5.20. The Bertz CT molecular complexity index is 1320. The van der Waals surface area contributed by atoms with E-state index >= 15 is 0 Å². The maximum Gasteiger partial charge on any atom is 0.335 e. The lowest BCUT2D eigenvalue weighted by Gasteiger charge is -2.27. The number of hydrogen-bond donors (Lipinski definition) is 2. The summed E-state index contributed by atoms with van der Waals surface area (Å²) in [5, 5.41) is 11.5. The molecule has 1 aromatic heterocycles. The normalized spacial score (nSPS) is 15.2. The van der Waals surface area contributed by atoms with Gasteiger partial charge in [0.25, 0.3) is 11.8 Å². The van der Waals surface area contributed by atoms with E-state index in [1.165, 1.54) is 12.1 Å². The quantitative estimate of drug-likeness (QED) is 0.479. The van der Waals surface area contributed by atoms with Crippen LogP contribution in [0.2, 0.25) is 0 Å². The van der Waals surface area contributed by atoms with E-state index in [0.29, 0.717) is 28.1 Å². The Hall–Kier alpha value is -4.46. The second kappa shape index (κ2) is 7.99. The first-order valence-corrected chi connectivity index (χ1v) is 9.68. The van der Waals surface area contributed by atoms with Crippen LogP contribution in [0.5, 0.6) is 0 Å². The van der Waals surface area contributed by atoms with E-state index in [1.807, 2.05) is 0 Å². The average Bonchev–Trinajstić information content (AvgIpc) is 3.20. The summed E-state index contributed by atoms with van der Waals surface area (Å²) in [5.74, 6) is -2.06. The Morgan fingerprint density at radius 1 is 1.00 bits per heavy atom. The molecule has 0 atom stereocenters. The number of carbonyl (C=O) groups excluding carboxylic acids is 3. The molecule has 3 aromatic rings.